The Morgan fingerprint density at radius 1 is 1.06 bits per heavy atom. The van der Waals surface area contributed by atoms with Crippen LogP contribution < -0.4 is 4.31 Å². The minimum absolute atomic E-state index is 0.0934. The lowest BCUT2D eigenvalue weighted by molar-refractivity contribution is -0.146. The van der Waals surface area contributed by atoms with E-state index >= 15 is 0 Å². The van der Waals surface area contributed by atoms with E-state index < -0.39 is 50.6 Å². The Morgan fingerprint density at radius 3 is 2.21 bits per heavy atom. The molecular weight excluding hydrogens is 470 g/mol. The summed E-state index contributed by atoms with van der Waals surface area (Å²) in [5.41, 5.74) is -7.09. The first-order valence-corrected chi connectivity index (χ1v) is 10.8. The van der Waals surface area contributed by atoms with Gasteiger partial charge in [-0.25, -0.2) is 18.3 Å². The van der Waals surface area contributed by atoms with Crippen LogP contribution in [0.5, 0.6) is 0 Å². The third-order valence-corrected chi connectivity index (χ3v) is 6.30. The number of ether oxygens (including phenoxy) is 2. The number of halogens is 4. The second kappa shape index (κ2) is 8.85. The van der Waals surface area contributed by atoms with Crippen molar-refractivity contribution in [3.8, 4) is 0 Å². The Balaban J connectivity index is 2.50. The van der Waals surface area contributed by atoms with Crippen LogP contribution in [0.3, 0.4) is 0 Å². The van der Waals surface area contributed by atoms with Gasteiger partial charge in [-0.05, 0) is 30.7 Å². The molecule has 1 aliphatic rings. The van der Waals surface area contributed by atoms with Crippen LogP contribution in [-0.4, -0.2) is 45.6 Å². The number of benzene rings is 2. The molecule has 33 heavy (non-hydrogen) atoms. The number of anilines is 1. The van der Waals surface area contributed by atoms with Crippen molar-refractivity contribution in [2.75, 3.05) is 18.0 Å². The van der Waals surface area contributed by atoms with Crippen molar-refractivity contribution in [3.05, 3.63) is 71.0 Å². The first kappa shape index (κ1) is 24.2. The fraction of sp³-hybridized carbons (Fsp3) is 0.238. The monoisotopic (exact) mass is 487 g/mol. The van der Waals surface area contributed by atoms with Gasteiger partial charge in [-0.3, -0.25) is 0 Å². The molecule has 0 N–H and O–H groups in total. The van der Waals surface area contributed by atoms with Gasteiger partial charge in [0.1, 0.15) is 5.82 Å². The molecule has 0 saturated heterocycles. The van der Waals surface area contributed by atoms with Gasteiger partial charge in [0.2, 0.25) is 0 Å². The molecule has 1 atom stereocenters. The summed E-state index contributed by atoms with van der Waals surface area (Å²) >= 11 is 0. The minimum Gasteiger partial charge on any atom is -0.466 e. The summed E-state index contributed by atoms with van der Waals surface area (Å²) in [6.07, 6.45) is 0. The predicted octanol–water partition coefficient (Wildman–Crippen LogP) is 3.40. The van der Waals surface area contributed by atoms with E-state index in [0.717, 1.165) is 25.3 Å². The molecule has 0 spiro atoms. The molecule has 0 unspecified atom stereocenters. The lowest BCUT2D eigenvalue weighted by Crippen LogP contribution is -2.54. The number of rotatable bonds is 5. The molecule has 0 aliphatic carbocycles. The topological polar surface area (TPSA) is 90.0 Å². The Labute approximate surface area is 186 Å². The first-order chi connectivity index (χ1) is 15.5. The van der Waals surface area contributed by atoms with Crippen LogP contribution in [0.4, 0.5) is 23.2 Å². The molecule has 7 nitrogen and oxygen atoms in total. The van der Waals surface area contributed by atoms with E-state index in [-0.39, 0.29) is 27.6 Å². The van der Waals surface area contributed by atoms with Gasteiger partial charge in [-0.1, -0.05) is 30.3 Å². The fourth-order valence-corrected chi connectivity index (χ4v) is 4.59. The maximum atomic E-state index is 13.7. The van der Waals surface area contributed by atoms with E-state index in [1.54, 1.807) is 0 Å². The van der Waals surface area contributed by atoms with Crippen LogP contribution in [0.2, 0.25) is 0 Å². The standard InChI is InChI=1S/C21H17F4NO6S/c1-3-32-20(28)18-17(19(27)31-2)16(12-8-10-13(22)11-9-12)14-6-4-5-7-15(14)26(18)33(29,30)21(23,24)25/h4-11,18H,3H2,1-2H3/t18-/m0/s1. The number of fused-ring (bicyclic) bond motifs is 1. The van der Waals surface area contributed by atoms with Crippen LogP contribution >= 0.6 is 0 Å². The molecule has 3 rings (SSSR count). The zero-order chi connectivity index (χ0) is 24.6. The van der Waals surface area contributed by atoms with Crippen molar-refractivity contribution < 1.29 is 45.0 Å². The first-order valence-electron chi connectivity index (χ1n) is 9.40. The smallest absolute Gasteiger partial charge is 0.466 e. The summed E-state index contributed by atoms with van der Waals surface area (Å²) < 4.78 is 89.1. The van der Waals surface area contributed by atoms with Crippen molar-refractivity contribution in [1.82, 2.24) is 0 Å². The predicted molar refractivity (Wildman–Crippen MR) is 109 cm³/mol. The molecule has 0 amide bonds. The number of esters is 2. The number of sulfonamides is 1. The summed E-state index contributed by atoms with van der Waals surface area (Å²) in [4.78, 5) is 25.7. The largest absolute Gasteiger partial charge is 0.516 e. The van der Waals surface area contributed by atoms with Crippen molar-refractivity contribution in [2.24, 2.45) is 0 Å². The number of methoxy groups -OCH3 is 1. The van der Waals surface area contributed by atoms with Crippen LogP contribution in [0, 0.1) is 5.82 Å². The summed E-state index contributed by atoms with van der Waals surface area (Å²) in [7, 11) is -5.26. The second-order valence-electron chi connectivity index (χ2n) is 6.71. The van der Waals surface area contributed by atoms with Gasteiger partial charge in [-0.2, -0.15) is 21.6 Å². The van der Waals surface area contributed by atoms with Crippen molar-refractivity contribution in [3.63, 3.8) is 0 Å². The summed E-state index contributed by atoms with van der Waals surface area (Å²) in [6.45, 7) is 1.05. The highest BCUT2D eigenvalue weighted by molar-refractivity contribution is 7.93. The van der Waals surface area contributed by atoms with Crippen molar-refractivity contribution in [2.45, 2.75) is 18.5 Å². The van der Waals surface area contributed by atoms with E-state index in [1.165, 1.54) is 37.3 Å². The fourth-order valence-electron chi connectivity index (χ4n) is 3.48. The molecule has 1 heterocycles. The number of nitrogens with zero attached hydrogens (tertiary/aromatic N) is 1. The highest BCUT2D eigenvalue weighted by Crippen LogP contribution is 2.46. The molecule has 12 heteroatoms. The summed E-state index contributed by atoms with van der Waals surface area (Å²) in [6, 6.07) is 7.21. The Bertz CT molecular complexity index is 1220. The van der Waals surface area contributed by atoms with E-state index in [0.29, 0.717) is 0 Å². The van der Waals surface area contributed by atoms with Gasteiger partial charge in [0.15, 0.2) is 6.04 Å². The molecule has 176 valence electrons. The molecule has 2 aromatic carbocycles. The Morgan fingerprint density at radius 2 is 1.67 bits per heavy atom. The molecule has 2 aromatic rings. The van der Waals surface area contributed by atoms with Gasteiger partial charge in [-0.15, -0.1) is 0 Å². The molecule has 0 bridgehead atoms. The number of hydrogen-bond donors (Lipinski definition) is 0. The van der Waals surface area contributed by atoms with Gasteiger partial charge in [0.25, 0.3) is 0 Å². The van der Waals surface area contributed by atoms with E-state index in [1.807, 2.05) is 0 Å². The van der Waals surface area contributed by atoms with Crippen LogP contribution in [-0.2, 0) is 29.1 Å². The van der Waals surface area contributed by atoms with Crippen LogP contribution in [0.25, 0.3) is 5.57 Å². The number of carbonyl (C=O) groups excluding carboxylic acids is 2. The lowest BCUT2D eigenvalue weighted by atomic mass is 9.85. The highest BCUT2D eigenvalue weighted by Gasteiger charge is 2.57. The van der Waals surface area contributed by atoms with Crippen LogP contribution in [0.1, 0.15) is 18.1 Å². The number of hydrogen-bond acceptors (Lipinski definition) is 6. The zero-order valence-electron chi connectivity index (χ0n) is 17.2. The van der Waals surface area contributed by atoms with Crippen molar-refractivity contribution in [1.29, 1.82) is 0 Å². The van der Waals surface area contributed by atoms with E-state index in [9.17, 15) is 35.6 Å². The molecule has 0 aromatic heterocycles. The quantitative estimate of drug-likeness (QED) is 0.475. The van der Waals surface area contributed by atoms with Crippen LogP contribution in [0.15, 0.2) is 54.1 Å². The molecule has 1 aliphatic heterocycles. The third kappa shape index (κ3) is 4.17. The molecule has 0 radical (unpaired) electrons. The Kier molecular flexibility index (Phi) is 6.50. The normalized spacial score (nSPS) is 16.3. The molecule has 0 saturated carbocycles. The van der Waals surface area contributed by atoms with Gasteiger partial charge in [0.05, 0.1) is 25.0 Å². The zero-order valence-corrected chi connectivity index (χ0v) is 18.0. The van der Waals surface area contributed by atoms with Gasteiger partial charge >= 0.3 is 27.5 Å². The van der Waals surface area contributed by atoms with E-state index in [4.69, 9.17) is 9.47 Å². The second-order valence-corrected chi connectivity index (χ2v) is 8.51. The average Bonchev–Trinajstić information content (AvgIpc) is 2.76. The molecular formula is C21H17F4NO6S. The summed E-state index contributed by atoms with van der Waals surface area (Å²) in [5.74, 6) is -3.31. The lowest BCUT2D eigenvalue weighted by Gasteiger charge is -2.38. The SMILES string of the molecule is CCOC(=O)[C@@H]1C(C(=O)OC)=C(c2ccc(F)cc2)c2ccccc2N1S(=O)(=O)C(F)(F)F. The maximum Gasteiger partial charge on any atom is 0.516 e. The summed E-state index contributed by atoms with van der Waals surface area (Å²) in [5, 5.41) is 0. The number of carbonyl (C=O) groups is 2. The third-order valence-electron chi connectivity index (χ3n) is 4.79. The minimum atomic E-state index is -6.18. The van der Waals surface area contributed by atoms with Crippen molar-refractivity contribution >= 4 is 33.2 Å². The molecule has 0 fully saturated rings. The van der Waals surface area contributed by atoms with Gasteiger partial charge in [0, 0.05) is 11.1 Å². The highest BCUT2D eigenvalue weighted by atomic mass is 32.2. The number of alkyl halides is 3. The van der Waals surface area contributed by atoms with E-state index in [2.05, 4.69) is 0 Å². The average molecular weight is 487 g/mol. The Hall–Kier alpha value is -3.41. The van der Waals surface area contributed by atoms with Gasteiger partial charge < -0.3 is 9.47 Å². The number of para-hydroxylation sites is 1. The maximum absolute atomic E-state index is 13.7.